The zero-order valence-corrected chi connectivity index (χ0v) is 22.9. The van der Waals surface area contributed by atoms with E-state index in [2.05, 4.69) is 20.9 Å². The Labute approximate surface area is 233 Å². The monoisotopic (exact) mass is 619 g/mol. The Bertz CT molecular complexity index is 1640. The van der Waals surface area contributed by atoms with E-state index < -0.39 is 11.9 Å². The highest BCUT2D eigenvalue weighted by molar-refractivity contribution is 9.10. The van der Waals surface area contributed by atoms with Crippen molar-refractivity contribution < 1.29 is 19.1 Å². The lowest BCUT2D eigenvalue weighted by molar-refractivity contribution is -0.129. The topological polar surface area (TPSA) is 65.0 Å². The fourth-order valence-corrected chi connectivity index (χ4v) is 5.90. The average Bonchev–Trinajstić information content (AvgIpc) is 3.34. The second kappa shape index (κ2) is 10.00. The van der Waals surface area contributed by atoms with Gasteiger partial charge in [-0.2, -0.15) is 0 Å². The maximum Gasteiger partial charge on any atom is 0.363 e. The quantitative estimate of drug-likeness (QED) is 0.130. The van der Waals surface area contributed by atoms with Gasteiger partial charge in [0.2, 0.25) is 5.90 Å². The van der Waals surface area contributed by atoms with E-state index in [0.29, 0.717) is 25.0 Å². The molecular weight excluding hydrogens is 609 g/mol. The number of carbonyl (C=O) groups is 2. The van der Waals surface area contributed by atoms with E-state index >= 15 is 0 Å². The van der Waals surface area contributed by atoms with Crippen LogP contribution in [0.3, 0.4) is 0 Å². The average molecular weight is 622 g/mol. The molecular formula is C26H13BrCl3NO4S. The van der Waals surface area contributed by atoms with E-state index in [4.69, 9.17) is 44.3 Å². The fraction of sp³-hybridized carbons (Fsp3) is 0.0385. The lowest BCUT2D eigenvalue weighted by Crippen LogP contribution is -2.10. The third-order valence-corrected chi connectivity index (χ3v) is 7.90. The van der Waals surface area contributed by atoms with Crippen molar-refractivity contribution in [1.82, 2.24) is 0 Å². The fourth-order valence-electron chi connectivity index (χ4n) is 3.50. The lowest BCUT2D eigenvalue weighted by Gasteiger charge is -2.09. The molecule has 0 atom stereocenters. The van der Waals surface area contributed by atoms with Crippen molar-refractivity contribution in [3.8, 4) is 5.75 Å². The van der Waals surface area contributed by atoms with E-state index in [1.807, 2.05) is 25.1 Å². The van der Waals surface area contributed by atoms with Gasteiger partial charge in [0, 0.05) is 25.1 Å². The van der Waals surface area contributed by atoms with Gasteiger partial charge in [0.05, 0.1) is 15.6 Å². The number of hydrogen-bond acceptors (Lipinski definition) is 6. The van der Waals surface area contributed by atoms with Gasteiger partial charge in [-0.05, 0) is 61.0 Å². The minimum absolute atomic E-state index is 0.0367. The first-order valence-corrected chi connectivity index (χ1v) is 13.1. The Balaban J connectivity index is 1.50. The number of carbonyl (C=O) groups excluding carboxylic acids is 2. The molecule has 0 radical (unpaired) electrons. The summed E-state index contributed by atoms with van der Waals surface area (Å²) in [5.74, 6) is -0.998. The first-order valence-electron chi connectivity index (χ1n) is 10.4. The molecule has 180 valence electrons. The van der Waals surface area contributed by atoms with Gasteiger partial charge in [-0.3, -0.25) is 0 Å². The molecule has 36 heavy (non-hydrogen) atoms. The number of cyclic esters (lactones) is 1. The number of aryl methyl sites for hydroxylation is 1. The highest BCUT2D eigenvalue weighted by Crippen LogP contribution is 2.38. The predicted octanol–water partition coefficient (Wildman–Crippen LogP) is 8.50. The third kappa shape index (κ3) is 4.94. The van der Waals surface area contributed by atoms with Gasteiger partial charge in [0.1, 0.15) is 10.6 Å². The van der Waals surface area contributed by atoms with Gasteiger partial charge in [-0.25, -0.2) is 14.6 Å². The molecule has 3 aromatic carbocycles. The van der Waals surface area contributed by atoms with Crippen LogP contribution in [-0.2, 0) is 9.53 Å². The second-order valence-electron chi connectivity index (χ2n) is 7.78. The molecule has 1 aliphatic heterocycles. The molecule has 4 aromatic rings. The molecule has 0 spiro atoms. The van der Waals surface area contributed by atoms with Crippen LogP contribution in [-0.4, -0.2) is 17.8 Å². The number of aliphatic imine (C=N–C) groups is 1. The number of esters is 2. The van der Waals surface area contributed by atoms with Gasteiger partial charge < -0.3 is 9.47 Å². The van der Waals surface area contributed by atoms with E-state index in [0.717, 1.165) is 15.6 Å². The Kier molecular flexibility index (Phi) is 6.94. The largest absolute Gasteiger partial charge is 0.422 e. The number of benzene rings is 3. The van der Waals surface area contributed by atoms with Crippen LogP contribution in [0, 0.1) is 6.92 Å². The van der Waals surface area contributed by atoms with Crippen LogP contribution in [0.1, 0.15) is 26.4 Å². The summed E-state index contributed by atoms with van der Waals surface area (Å²) >= 11 is 23.4. The van der Waals surface area contributed by atoms with Crippen LogP contribution in [0.25, 0.3) is 16.2 Å². The molecule has 0 N–H and O–H groups in total. The first-order chi connectivity index (χ1) is 17.2. The highest BCUT2D eigenvalue weighted by atomic mass is 79.9. The van der Waals surface area contributed by atoms with Crippen molar-refractivity contribution in [2.45, 2.75) is 6.92 Å². The molecule has 0 bridgehead atoms. The number of ether oxygens (including phenoxy) is 2. The van der Waals surface area contributed by atoms with Crippen molar-refractivity contribution in [1.29, 1.82) is 0 Å². The van der Waals surface area contributed by atoms with Gasteiger partial charge in [0.15, 0.2) is 5.70 Å². The predicted molar refractivity (Wildman–Crippen MR) is 148 cm³/mol. The summed E-state index contributed by atoms with van der Waals surface area (Å²) in [6, 6.07) is 15.4. The van der Waals surface area contributed by atoms with Gasteiger partial charge >= 0.3 is 11.9 Å². The van der Waals surface area contributed by atoms with Crippen LogP contribution < -0.4 is 4.74 Å². The number of rotatable bonds is 4. The zero-order chi connectivity index (χ0) is 25.6. The lowest BCUT2D eigenvalue weighted by atomic mass is 10.1. The van der Waals surface area contributed by atoms with Crippen LogP contribution in [0.2, 0.25) is 15.1 Å². The molecule has 0 fully saturated rings. The van der Waals surface area contributed by atoms with E-state index in [9.17, 15) is 9.59 Å². The highest BCUT2D eigenvalue weighted by Gasteiger charge is 2.28. The molecule has 0 saturated heterocycles. The number of nitrogens with zero attached hydrogens (tertiary/aromatic N) is 1. The molecule has 0 amide bonds. The summed E-state index contributed by atoms with van der Waals surface area (Å²) in [6.45, 7) is 1.99. The van der Waals surface area contributed by atoms with E-state index in [-0.39, 0.29) is 27.9 Å². The molecule has 5 rings (SSSR count). The maximum absolute atomic E-state index is 12.8. The molecule has 10 heteroatoms. The van der Waals surface area contributed by atoms with Gasteiger partial charge in [-0.1, -0.05) is 62.9 Å². The smallest absolute Gasteiger partial charge is 0.363 e. The Hall–Kier alpha value is -2.68. The number of thiophene rings is 1. The number of halogens is 4. The van der Waals surface area contributed by atoms with Crippen LogP contribution in [0.15, 0.2) is 69.8 Å². The Morgan fingerprint density at radius 1 is 1.08 bits per heavy atom. The summed E-state index contributed by atoms with van der Waals surface area (Å²) in [5.41, 5.74) is 1.71. The molecule has 1 aliphatic rings. The minimum atomic E-state index is -0.677. The number of hydrogen-bond donors (Lipinski definition) is 0. The molecule has 2 heterocycles. The normalized spacial score (nSPS) is 14.3. The minimum Gasteiger partial charge on any atom is -0.422 e. The molecule has 0 unspecified atom stereocenters. The Morgan fingerprint density at radius 3 is 2.67 bits per heavy atom. The zero-order valence-electron chi connectivity index (χ0n) is 18.3. The van der Waals surface area contributed by atoms with Crippen LogP contribution >= 0.6 is 62.1 Å². The van der Waals surface area contributed by atoms with Crippen molar-refractivity contribution in [3.05, 3.63) is 101 Å². The van der Waals surface area contributed by atoms with Crippen molar-refractivity contribution >= 4 is 96.1 Å². The summed E-state index contributed by atoms with van der Waals surface area (Å²) in [4.78, 5) is 30.4. The summed E-state index contributed by atoms with van der Waals surface area (Å²) in [7, 11) is 0. The van der Waals surface area contributed by atoms with Crippen molar-refractivity contribution in [2.24, 2.45) is 4.99 Å². The van der Waals surface area contributed by atoms with Gasteiger partial charge in [-0.15, -0.1) is 11.3 Å². The first kappa shape index (κ1) is 25.0. The molecule has 0 saturated carbocycles. The van der Waals surface area contributed by atoms with Gasteiger partial charge in [0.25, 0.3) is 0 Å². The number of fused-ring (bicyclic) bond motifs is 1. The van der Waals surface area contributed by atoms with Crippen molar-refractivity contribution in [2.75, 3.05) is 0 Å². The standard InChI is InChI=1S/C26H13BrCl3NO4S/c1-12-2-5-17-21(8-12)36-23(22(17)30)24-31-19(26(33)35-24)10-13-9-14(27)3-7-20(13)34-25(32)16-6-4-15(28)11-18(16)29/h2-11H,1H3/b19-10+. The Morgan fingerprint density at radius 2 is 1.89 bits per heavy atom. The molecule has 1 aromatic heterocycles. The third-order valence-electron chi connectivity index (χ3n) is 5.22. The van der Waals surface area contributed by atoms with E-state index in [1.165, 1.54) is 29.5 Å². The SMILES string of the molecule is Cc1ccc2c(Cl)c(C3=N/C(=C/c4cc(Br)ccc4OC(=O)c4ccc(Cl)cc4Cl)C(=O)O3)sc2c1. The maximum atomic E-state index is 12.8. The van der Waals surface area contributed by atoms with Crippen LogP contribution in [0.5, 0.6) is 5.75 Å². The second-order valence-corrected chi connectivity index (χ2v) is 11.0. The van der Waals surface area contributed by atoms with E-state index in [1.54, 1.807) is 24.3 Å². The van der Waals surface area contributed by atoms with Crippen LogP contribution in [0.4, 0.5) is 0 Å². The molecule has 5 nitrogen and oxygen atoms in total. The summed E-state index contributed by atoms with van der Waals surface area (Å²) in [6.07, 6.45) is 1.48. The van der Waals surface area contributed by atoms with Crippen molar-refractivity contribution in [3.63, 3.8) is 0 Å². The molecule has 0 aliphatic carbocycles. The summed E-state index contributed by atoms with van der Waals surface area (Å²) in [5, 5.41) is 1.89. The summed E-state index contributed by atoms with van der Waals surface area (Å²) < 4.78 is 12.7.